The smallest absolute Gasteiger partial charge is 0.323 e. The SMILES string of the molecule is CC(C)N(CC(=O)O)C(=O)c1ccc([N+](=O)[O-])[nH]1. The second-order valence-corrected chi connectivity index (χ2v) is 3.93. The third-order valence-electron chi connectivity index (χ3n) is 2.29. The molecule has 0 bridgehead atoms. The fourth-order valence-corrected chi connectivity index (χ4v) is 1.40. The van der Waals surface area contributed by atoms with Crippen LogP contribution < -0.4 is 0 Å². The standard InChI is InChI=1S/C10H13N3O5/c1-6(2)12(5-9(14)15)10(16)7-3-4-8(11-7)13(17)18/h3-4,6,11H,5H2,1-2H3,(H,14,15). The molecule has 0 saturated heterocycles. The third kappa shape index (κ3) is 3.06. The lowest BCUT2D eigenvalue weighted by molar-refractivity contribution is -0.389. The maximum absolute atomic E-state index is 12.0. The van der Waals surface area contributed by atoms with Gasteiger partial charge in [-0.15, -0.1) is 0 Å². The van der Waals surface area contributed by atoms with Gasteiger partial charge in [-0.1, -0.05) is 0 Å². The summed E-state index contributed by atoms with van der Waals surface area (Å²) in [4.78, 5) is 35.9. The number of carbonyl (C=O) groups is 2. The Morgan fingerprint density at radius 1 is 1.50 bits per heavy atom. The Balaban J connectivity index is 2.94. The highest BCUT2D eigenvalue weighted by molar-refractivity contribution is 5.94. The molecule has 0 fully saturated rings. The molecule has 1 heterocycles. The van der Waals surface area contributed by atoms with Crippen molar-refractivity contribution < 1.29 is 19.6 Å². The van der Waals surface area contributed by atoms with Crippen molar-refractivity contribution in [1.29, 1.82) is 0 Å². The van der Waals surface area contributed by atoms with Crippen molar-refractivity contribution in [3.05, 3.63) is 27.9 Å². The monoisotopic (exact) mass is 255 g/mol. The van der Waals surface area contributed by atoms with E-state index in [2.05, 4.69) is 4.98 Å². The number of hydrogen-bond acceptors (Lipinski definition) is 4. The molecule has 8 nitrogen and oxygen atoms in total. The molecule has 0 saturated carbocycles. The first kappa shape index (κ1) is 13.7. The highest BCUT2D eigenvalue weighted by Gasteiger charge is 2.25. The molecule has 1 rings (SSSR count). The molecule has 0 spiro atoms. The summed E-state index contributed by atoms with van der Waals surface area (Å²) >= 11 is 0. The molecule has 0 aliphatic carbocycles. The molecular weight excluding hydrogens is 242 g/mol. The minimum absolute atomic E-state index is 0.00310. The maximum Gasteiger partial charge on any atom is 0.323 e. The summed E-state index contributed by atoms with van der Waals surface area (Å²) in [6.45, 7) is 2.87. The number of hydrogen-bond donors (Lipinski definition) is 2. The highest BCUT2D eigenvalue weighted by atomic mass is 16.6. The van der Waals surface area contributed by atoms with Crippen LogP contribution in [0.5, 0.6) is 0 Å². The molecule has 0 unspecified atom stereocenters. The first-order chi connectivity index (χ1) is 8.32. The minimum Gasteiger partial charge on any atom is -0.480 e. The van der Waals surface area contributed by atoms with E-state index in [-0.39, 0.29) is 17.6 Å². The number of carbonyl (C=O) groups excluding carboxylic acids is 1. The molecule has 8 heteroatoms. The van der Waals surface area contributed by atoms with Gasteiger partial charge >= 0.3 is 11.8 Å². The van der Waals surface area contributed by atoms with E-state index in [1.54, 1.807) is 13.8 Å². The number of H-pyrrole nitrogens is 1. The summed E-state index contributed by atoms with van der Waals surface area (Å²) in [5.41, 5.74) is -0.00310. The van der Waals surface area contributed by atoms with Crippen LogP contribution in [-0.4, -0.2) is 44.4 Å². The molecule has 0 aliphatic rings. The van der Waals surface area contributed by atoms with Gasteiger partial charge in [0.1, 0.15) is 6.54 Å². The molecule has 0 radical (unpaired) electrons. The number of rotatable bonds is 5. The molecule has 1 amide bonds. The number of nitrogens with one attached hydrogen (secondary N) is 1. The molecule has 0 atom stereocenters. The molecule has 0 aliphatic heterocycles. The van der Waals surface area contributed by atoms with E-state index >= 15 is 0 Å². The average molecular weight is 255 g/mol. The number of carboxylic acids is 1. The van der Waals surface area contributed by atoms with Gasteiger partial charge in [-0.05, 0) is 24.8 Å². The first-order valence-electron chi connectivity index (χ1n) is 5.19. The van der Waals surface area contributed by atoms with E-state index in [4.69, 9.17) is 5.11 Å². The van der Waals surface area contributed by atoms with Gasteiger partial charge in [0.2, 0.25) is 0 Å². The van der Waals surface area contributed by atoms with E-state index in [0.29, 0.717) is 0 Å². The van der Waals surface area contributed by atoms with Gasteiger partial charge in [0, 0.05) is 12.1 Å². The topological polar surface area (TPSA) is 117 Å². The molecule has 98 valence electrons. The van der Waals surface area contributed by atoms with Gasteiger partial charge in [0.25, 0.3) is 5.91 Å². The fraction of sp³-hybridized carbons (Fsp3) is 0.400. The van der Waals surface area contributed by atoms with E-state index in [1.165, 1.54) is 6.07 Å². The number of aliphatic carboxylic acids is 1. The molecule has 1 aromatic heterocycles. The summed E-state index contributed by atoms with van der Waals surface area (Å²) in [6, 6.07) is 2.10. The van der Waals surface area contributed by atoms with E-state index in [0.717, 1.165) is 11.0 Å². The Bertz CT molecular complexity index is 480. The van der Waals surface area contributed by atoms with Crippen LogP contribution in [0.2, 0.25) is 0 Å². The Morgan fingerprint density at radius 3 is 2.50 bits per heavy atom. The number of nitro groups is 1. The Hall–Kier alpha value is -2.38. The lowest BCUT2D eigenvalue weighted by Crippen LogP contribution is -2.40. The number of nitrogens with zero attached hydrogens (tertiary/aromatic N) is 2. The second-order valence-electron chi connectivity index (χ2n) is 3.93. The number of aromatic nitrogens is 1. The van der Waals surface area contributed by atoms with Crippen LogP contribution in [0, 0.1) is 10.1 Å². The second kappa shape index (κ2) is 5.30. The summed E-state index contributed by atoms with van der Waals surface area (Å²) in [6.07, 6.45) is 0. The Kier molecular flexibility index (Phi) is 4.03. The molecule has 18 heavy (non-hydrogen) atoms. The van der Waals surface area contributed by atoms with Gasteiger partial charge in [-0.2, -0.15) is 0 Å². The zero-order chi connectivity index (χ0) is 13.9. The number of amides is 1. The maximum atomic E-state index is 12.0. The molecule has 2 N–H and O–H groups in total. The van der Waals surface area contributed by atoms with Crippen molar-refractivity contribution in [3.8, 4) is 0 Å². The van der Waals surface area contributed by atoms with Crippen molar-refractivity contribution in [2.45, 2.75) is 19.9 Å². The van der Waals surface area contributed by atoms with E-state index in [9.17, 15) is 19.7 Å². The van der Waals surface area contributed by atoms with E-state index < -0.39 is 23.3 Å². The van der Waals surface area contributed by atoms with Crippen LogP contribution in [-0.2, 0) is 4.79 Å². The predicted molar refractivity (Wildman–Crippen MR) is 61.3 cm³/mol. The summed E-state index contributed by atoms with van der Waals surface area (Å²) in [7, 11) is 0. The van der Waals surface area contributed by atoms with Crippen molar-refractivity contribution in [1.82, 2.24) is 9.88 Å². The fourth-order valence-electron chi connectivity index (χ4n) is 1.40. The van der Waals surface area contributed by atoms with Crippen LogP contribution in [0.15, 0.2) is 12.1 Å². The number of carboxylic acid groups (broad SMARTS) is 1. The summed E-state index contributed by atoms with van der Waals surface area (Å²) in [5, 5.41) is 19.2. The van der Waals surface area contributed by atoms with E-state index in [1.807, 2.05) is 0 Å². The third-order valence-corrected chi connectivity index (χ3v) is 2.29. The molecule has 1 aromatic rings. The summed E-state index contributed by atoms with van der Waals surface area (Å²) in [5.74, 6) is -2.03. The van der Waals surface area contributed by atoms with Gasteiger partial charge in [-0.25, -0.2) is 4.98 Å². The lowest BCUT2D eigenvalue weighted by Gasteiger charge is -2.23. The number of aromatic amines is 1. The van der Waals surface area contributed by atoms with Crippen molar-refractivity contribution in [2.75, 3.05) is 6.54 Å². The normalized spacial score (nSPS) is 10.4. The van der Waals surface area contributed by atoms with Gasteiger partial charge in [0.15, 0.2) is 5.69 Å². The average Bonchev–Trinajstić information content (AvgIpc) is 2.73. The molecular formula is C10H13N3O5. The molecule has 0 aromatic carbocycles. The Morgan fingerprint density at radius 2 is 2.11 bits per heavy atom. The van der Waals surface area contributed by atoms with Crippen LogP contribution in [0.4, 0.5) is 5.82 Å². The van der Waals surface area contributed by atoms with Crippen molar-refractivity contribution >= 4 is 17.7 Å². The van der Waals surface area contributed by atoms with Crippen molar-refractivity contribution in [2.24, 2.45) is 0 Å². The Labute approximate surface area is 102 Å². The van der Waals surface area contributed by atoms with Crippen LogP contribution >= 0.6 is 0 Å². The predicted octanol–water partition coefficient (Wildman–Crippen LogP) is 0.858. The highest BCUT2D eigenvalue weighted by Crippen LogP contribution is 2.13. The van der Waals surface area contributed by atoms with Crippen LogP contribution in [0.25, 0.3) is 0 Å². The largest absolute Gasteiger partial charge is 0.480 e. The van der Waals surface area contributed by atoms with Gasteiger partial charge in [0.05, 0.1) is 0 Å². The van der Waals surface area contributed by atoms with Crippen LogP contribution in [0.3, 0.4) is 0 Å². The zero-order valence-corrected chi connectivity index (χ0v) is 9.91. The summed E-state index contributed by atoms with van der Waals surface area (Å²) < 4.78 is 0. The zero-order valence-electron chi connectivity index (χ0n) is 9.91. The lowest BCUT2D eigenvalue weighted by atomic mass is 10.2. The van der Waals surface area contributed by atoms with Gasteiger partial charge in [-0.3, -0.25) is 9.59 Å². The van der Waals surface area contributed by atoms with Crippen molar-refractivity contribution in [3.63, 3.8) is 0 Å². The first-order valence-corrected chi connectivity index (χ1v) is 5.19. The van der Waals surface area contributed by atoms with Crippen LogP contribution in [0.1, 0.15) is 24.3 Å². The minimum atomic E-state index is -1.14. The quantitative estimate of drug-likeness (QED) is 0.597. The van der Waals surface area contributed by atoms with Gasteiger partial charge < -0.3 is 20.1 Å².